The number of rotatable bonds is 7. The maximum Gasteiger partial charge on any atom is 0.217 e. The highest BCUT2D eigenvalue weighted by Gasteiger charge is 2.51. The van der Waals surface area contributed by atoms with Gasteiger partial charge in [0.15, 0.2) is 6.29 Å². The van der Waals surface area contributed by atoms with Gasteiger partial charge >= 0.3 is 0 Å². The van der Waals surface area contributed by atoms with Gasteiger partial charge in [0.25, 0.3) is 0 Å². The number of carbonyl (C=O) groups excluding carboxylic acids is 2. The van der Waals surface area contributed by atoms with Gasteiger partial charge in [0, 0.05) is 21.0 Å². The largest absolute Gasteiger partial charge is 0.394 e. The van der Waals surface area contributed by atoms with Gasteiger partial charge in [0.2, 0.25) is 11.8 Å². The van der Waals surface area contributed by atoms with E-state index in [2.05, 4.69) is 10.6 Å². The highest BCUT2D eigenvalue weighted by atomic mass is 16.7. The minimum atomic E-state index is -1.31. The van der Waals surface area contributed by atoms with Crippen molar-refractivity contribution in [2.24, 2.45) is 0 Å². The second-order valence-electron chi connectivity index (χ2n) is 7.52. The summed E-state index contributed by atoms with van der Waals surface area (Å²) in [6, 6.07) is -1.93. The van der Waals surface area contributed by atoms with E-state index in [1.54, 1.807) is 6.92 Å². The van der Waals surface area contributed by atoms with Crippen molar-refractivity contribution in [2.45, 2.75) is 81.9 Å². The van der Waals surface area contributed by atoms with E-state index < -0.39 is 80.2 Å². The zero-order valence-corrected chi connectivity index (χ0v) is 17.4. The van der Waals surface area contributed by atoms with Gasteiger partial charge in [-0.15, -0.1) is 0 Å². The topological polar surface area (TPSA) is 176 Å². The summed E-state index contributed by atoms with van der Waals surface area (Å²) >= 11 is 0. The Morgan fingerprint density at radius 1 is 0.900 bits per heavy atom. The summed E-state index contributed by atoms with van der Waals surface area (Å²) in [4.78, 5) is 23.2. The predicted molar refractivity (Wildman–Crippen MR) is 100 cm³/mol. The fourth-order valence-corrected chi connectivity index (χ4v) is 3.91. The number of methoxy groups -OCH3 is 1. The lowest BCUT2D eigenvalue weighted by Crippen LogP contribution is -2.69. The standard InChI is InChI=1S/C18H32N2O10/c1-7-12(19-8(2)23)14(25)17(11(6-22)28-7)30-18-13(20-9(3)24)15(26)16(27-4)10(5-21)29-18/h7,10-18,21-22,25-26H,5-6H2,1-4H3,(H,19,23)(H,20,24)/t7?,10?,11-,12?,13?,14?,15+,16+,17+,18-/m0/s1. The lowest BCUT2D eigenvalue weighted by atomic mass is 9.92. The third-order valence-corrected chi connectivity index (χ3v) is 5.30. The Morgan fingerprint density at radius 3 is 1.90 bits per heavy atom. The van der Waals surface area contributed by atoms with Crippen molar-refractivity contribution in [3.05, 3.63) is 0 Å². The second-order valence-corrected chi connectivity index (χ2v) is 7.52. The maximum absolute atomic E-state index is 11.7. The van der Waals surface area contributed by atoms with Crippen LogP contribution in [0.2, 0.25) is 0 Å². The van der Waals surface area contributed by atoms with Crippen LogP contribution in [-0.4, -0.2) is 114 Å². The molecule has 0 aromatic heterocycles. The van der Waals surface area contributed by atoms with Gasteiger partial charge in [-0.05, 0) is 6.92 Å². The molecule has 10 atom stereocenters. The molecule has 2 heterocycles. The molecule has 2 aliphatic rings. The molecule has 0 aromatic rings. The van der Waals surface area contributed by atoms with E-state index in [-0.39, 0.29) is 5.91 Å². The van der Waals surface area contributed by atoms with Crippen LogP contribution in [0.1, 0.15) is 20.8 Å². The molecule has 2 saturated heterocycles. The quantitative estimate of drug-likeness (QED) is 0.236. The van der Waals surface area contributed by atoms with Crippen LogP contribution >= 0.6 is 0 Å². The second kappa shape index (κ2) is 10.8. The fourth-order valence-electron chi connectivity index (χ4n) is 3.91. The molecule has 2 aliphatic heterocycles. The van der Waals surface area contributed by atoms with Gasteiger partial charge in [0.05, 0.1) is 25.4 Å². The molecule has 0 radical (unpaired) electrons. The molecule has 12 heteroatoms. The van der Waals surface area contributed by atoms with Crippen LogP contribution in [0.15, 0.2) is 0 Å². The summed E-state index contributed by atoms with van der Waals surface area (Å²) in [7, 11) is 1.33. The lowest BCUT2D eigenvalue weighted by Gasteiger charge is -2.48. The number of hydrogen-bond donors (Lipinski definition) is 6. The van der Waals surface area contributed by atoms with Gasteiger partial charge in [0.1, 0.15) is 42.7 Å². The summed E-state index contributed by atoms with van der Waals surface area (Å²) < 4.78 is 22.4. The first-order chi connectivity index (χ1) is 14.1. The van der Waals surface area contributed by atoms with Crippen molar-refractivity contribution in [3.8, 4) is 0 Å². The highest BCUT2D eigenvalue weighted by molar-refractivity contribution is 5.73. The number of ether oxygens (including phenoxy) is 4. The van der Waals surface area contributed by atoms with Crippen molar-refractivity contribution in [2.75, 3.05) is 20.3 Å². The normalized spacial score (nSPS) is 41.9. The molecule has 0 spiro atoms. The van der Waals surface area contributed by atoms with E-state index in [9.17, 15) is 30.0 Å². The molecule has 30 heavy (non-hydrogen) atoms. The minimum absolute atomic E-state index is 0.389. The van der Waals surface area contributed by atoms with Crippen LogP contribution in [0.25, 0.3) is 0 Å². The van der Waals surface area contributed by atoms with Gasteiger partial charge in [-0.1, -0.05) is 0 Å². The van der Waals surface area contributed by atoms with Crippen LogP contribution in [0.4, 0.5) is 0 Å². The average molecular weight is 436 g/mol. The summed E-state index contributed by atoms with van der Waals surface area (Å²) in [6.07, 6.45) is -8.57. The van der Waals surface area contributed by atoms with Crippen molar-refractivity contribution in [1.82, 2.24) is 10.6 Å². The monoisotopic (exact) mass is 436 g/mol. The molecule has 0 saturated carbocycles. The summed E-state index contributed by atoms with van der Waals surface area (Å²) in [5.41, 5.74) is 0. The van der Waals surface area contributed by atoms with Crippen molar-refractivity contribution in [1.29, 1.82) is 0 Å². The van der Waals surface area contributed by atoms with Crippen molar-refractivity contribution >= 4 is 11.8 Å². The molecule has 2 amide bonds. The molecule has 0 bridgehead atoms. The maximum atomic E-state index is 11.7. The molecule has 12 nitrogen and oxygen atoms in total. The number of amides is 2. The molecule has 5 unspecified atom stereocenters. The first kappa shape index (κ1) is 24.9. The van der Waals surface area contributed by atoms with E-state index >= 15 is 0 Å². The summed E-state index contributed by atoms with van der Waals surface area (Å²) in [5, 5.41) is 45.9. The Labute approximate surface area is 174 Å². The third kappa shape index (κ3) is 5.45. The summed E-state index contributed by atoms with van der Waals surface area (Å²) in [5.74, 6) is -0.864. The van der Waals surface area contributed by atoms with Crippen LogP contribution in [0.5, 0.6) is 0 Å². The molecular formula is C18H32N2O10. The molecule has 2 rings (SSSR count). The average Bonchev–Trinajstić information content (AvgIpc) is 2.68. The van der Waals surface area contributed by atoms with Crippen molar-refractivity contribution in [3.63, 3.8) is 0 Å². The Morgan fingerprint density at radius 2 is 1.40 bits per heavy atom. The third-order valence-electron chi connectivity index (χ3n) is 5.30. The van der Waals surface area contributed by atoms with Crippen molar-refractivity contribution < 1.29 is 49.0 Å². The smallest absolute Gasteiger partial charge is 0.217 e. The van der Waals surface area contributed by atoms with Gasteiger partial charge in [-0.2, -0.15) is 0 Å². The first-order valence-corrected chi connectivity index (χ1v) is 9.75. The number of aliphatic hydroxyl groups excluding tert-OH is 4. The van der Waals surface area contributed by atoms with E-state index in [0.717, 1.165) is 0 Å². The Hall–Kier alpha value is -1.38. The van der Waals surface area contributed by atoms with Crippen LogP contribution in [-0.2, 0) is 28.5 Å². The van der Waals surface area contributed by atoms with Crippen LogP contribution in [0.3, 0.4) is 0 Å². The SMILES string of the molecule is CO[C@@H]1C(CO)O[C@@H](O[C@H]2C(O)C(NC(C)=O)C(C)O[C@H]2CO)C(NC(C)=O)[C@H]1O. The Kier molecular flexibility index (Phi) is 8.94. The van der Waals surface area contributed by atoms with Gasteiger partial charge < -0.3 is 50.0 Å². The zero-order chi connectivity index (χ0) is 22.6. The number of carbonyl (C=O) groups is 2. The molecule has 2 fully saturated rings. The highest BCUT2D eigenvalue weighted by Crippen LogP contribution is 2.30. The zero-order valence-electron chi connectivity index (χ0n) is 17.4. The first-order valence-electron chi connectivity index (χ1n) is 9.75. The van der Waals surface area contributed by atoms with E-state index in [1.165, 1.54) is 21.0 Å². The lowest BCUT2D eigenvalue weighted by molar-refractivity contribution is -0.315. The molecule has 6 N–H and O–H groups in total. The van der Waals surface area contributed by atoms with Gasteiger partial charge in [-0.3, -0.25) is 9.59 Å². The van der Waals surface area contributed by atoms with E-state index in [4.69, 9.17) is 18.9 Å². The predicted octanol–water partition coefficient (Wildman–Crippen LogP) is -3.39. The number of aliphatic hydroxyl groups is 4. The molecule has 0 aromatic carbocycles. The fraction of sp³-hybridized carbons (Fsp3) is 0.889. The molecule has 174 valence electrons. The van der Waals surface area contributed by atoms with E-state index in [1.807, 2.05) is 0 Å². The number of hydrogen-bond acceptors (Lipinski definition) is 10. The Bertz CT molecular complexity index is 593. The number of nitrogens with one attached hydrogen (secondary N) is 2. The summed E-state index contributed by atoms with van der Waals surface area (Å²) in [6.45, 7) is 3.17. The van der Waals surface area contributed by atoms with Crippen LogP contribution < -0.4 is 10.6 Å². The molecule has 0 aliphatic carbocycles. The van der Waals surface area contributed by atoms with Gasteiger partial charge in [-0.25, -0.2) is 0 Å². The molecular weight excluding hydrogens is 404 g/mol. The van der Waals surface area contributed by atoms with E-state index in [0.29, 0.717) is 0 Å². The Balaban J connectivity index is 2.28. The van der Waals surface area contributed by atoms with Crippen LogP contribution in [0, 0.1) is 0 Å². The minimum Gasteiger partial charge on any atom is -0.394 e.